The van der Waals surface area contributed by atoms with Gasteiger partial charge >= 0.3 is 11.1 Å². The first-order valence-corrected chi connectivity index (χ1v) is 10.1. The lowest BCUT2D eigenvalue weighted by atomic mass is 10.1. The molecule has 8 heteroatoms. The zero-order valence-electron chi connectivity index (χ0n) is 16.5. The van der Waals surface area contributed by atoms with Crippen LogP contribution in [-0.2, 0) is 25.3 Å². The molecule has 0 fully saturated rings. The molecule has 0 aliphatic rings. The molecular weight excluding hydrogens is 376 g/mol. The zero-order valence-corrected chi connectivity index (χ0v) is 17.3. The van der Waals surface area contributed by atoms with E-state index in [0.717, 1.165) is 23.7 Å². The summed E-state index contributed by atoms with van der Waals surface area (Å²) in [4.78, 5) is 40.1. The number of aryl methyl sites for hydroxylation is 2. The number of nitrogens with one attached hydrogen (secondary N) is 1. The van der Waals surface area contributed by atoms with Gasteiger partial charge < -0.3 is 19.4 Å². The van der Waals surface area contributed by atoms with Crippen LogP contribution in [0.1, 0.15) is 18.7 Å². The van der Waals surface area contributed by atoms with Crippen molar-refractivity contribution in [3.63, 3.8) is 0 Å². The normalized spacial score (nSPS) is 11.0. The number of aromatic nitrogens is 2. The van der Waals surface area contributed by atoms with Gasteiger partial charge in [-0.25, -0.2) is 0 Å². The molecule has 0 spiro atoms. The third-order valence-corrected chi connectivity index (χ3v) is 5.78. The molecule has 2 heterocycles. The van der Waals surface area contributed by atoms with E-state index in [2.05, 4.69) is 10.2 Å². The molecular formula is C20H24N4O3S. The van der Waals surface area contributed by atoms with Gasteiger partial charge in [0.05, 0.1) is 28.8 Å². The third kappa shape index (κ3) is 3.60. The van der Waals surface area contributed by atoms with Crippen LogP contribution >= 0.6 is 11.3 Å². The summed E-state index contributed by atoms with van der Waals surface area (Å²) in [5.74, 6) is -0.120. The van der Waals surface area contributed by atoms with Gasteiger partial charge in [0.15, 0.2) is 0 Å². The van der Waals surface area contributed by atoms with Gasteiger partial charge in [-0.2, -0.15) is 0 Å². The summed E-state index contributed by atoms with van der Waals surface area (Å²) in [6.07, 6.45) is 0.291. The minimum atomic E-state index is -0.596. The molecule has 1 amide bonds. The van der Waals surface area contributed by atoms with Crippen LogP contribution in [0.15, 0.2) is 39.2 Å². The lowest BCUT2D eigenvalue weighted by molar-refractivity contribution is -0.115. The molecule has 1 aromatic carbocycles. The predicted octanol–water partition coefficient (Wildman–Crippen LogP) is 2.33. The second kappa shape index (κ2) is 8.02. The lowest BCUT2D eigenvalue weighted by Crippen LogP contribution is -2.39. The molecule has 0 bridgehead atoms. The van der Waals surface area contributed by atoms with E-state index in [1.54, 1.807) is 20.2 Å². The predicted molar refractivity (Wildman–Crippen MR) is 115 cm³/mol. The maximum atomic E-state index is 12.6. The smallest absolute Gasteiger partial charge is 0.316 e. The molecule has 0 radical (unpaired) electrons. The lowest BCUT2D eigenvalue weighted by Gasteiger charge is -2.25. The summed E-state index contributed by atoms with van der Waals surface area (Å²) in [7, 11) is 3.16. The zero-order chi connectivity index (χ0) is 20.4. The van der Waals surface area contributed by atoms with Crippen molar-refractivity contribution in [2.45, 2.75) is 20.3 Å². The van der Waals surface area contributed by atoms with E-state index in [9.17, 15) is 14.4 Å². The Bertz CT molecular complexity index is 1130. The molecule has 3 rings (SSSR count). The van der Waals surface area contributed by atoms with Gasteiger partial charge in [0, 0.05) is 32.1 Å². The Hall–Kier alpha value is -2.87. The molecule has 0 saturated heterocycles. The van der Waals surface area contributed by atoms with Gasteiger partial charge in [-0.05, 0) is 37.4 Å². The van der Waals surface area contributed by atoms with E-state index in [1.807, 2.05) is 37.4 Å². The Morgan fingerprint density at radius 1 is 1.07 bits per heavy atom. The molecule has 0 aliphatic heterocycles. The van der Waals surface area contributed by atoms with Crippen LogP contribution in [0.5, 0.6) is 0 Å². The standard InChI is InChI=1S/C20H24N4O3S/c1-5-24(6-2)15-12-17-16(22(3)19(26)20(27)23(17)4)11-14(15)21-18(25)10-13-8-7-9-28-13/h7-9,11-12H,5-6,10H2,1-4H3,(H,21,25). The van der Waals surface area contributed by atoms with Crippen LogP contribution < -0.4 is 21.3 Å². The van der Waals surface area contributed by atoms with E-state index in [4.69, 9.17) is 0 Å². The number of thiophene rings is 1. The summed E-state index contributed by atoms with van der Waals surface area (Å²) in [6.45, 7) is 5.56. The molecule has 148 valence electrons. The number of hydrogen-bond acceptors (Lipinski definition) is 5. The maximum Gasteiger partial charge on any atom is 0.316 e. The second-order valence-electron chi connectivity index (χ2n) is 6.56. The number of rotatable bonds is 6. The highest BCUT2D eigenvalue weighted by atomic mass is 32.1. The van der Waals surface area contributed by atoms with Crippen LogP contribution in [0.3, 0.4) is 0 Å². The topological polar surface area (TPSA) is 76.3 Å². The van der Waals surface area contributed by atoms with Crippen LogP contribution in [0.4, 0.5) is 11.4 Å². The molecule has 28 heavy (non-hydrogen) atoms. The van der Waals surface area contributed by atoms with Crippen molar-refractivity contribution >= 4 is 39.7 Å². The van der Waals surface area contributed by atoms with E-state index >= 15 is 0 Å². The summed E-state index contributed by atoms with van der Waals surface area (Å²) >= 11 is 1.54. The van der Waals surface area contributed by atoms with Crippen molar-refractivity contribution in [1.29, 1.82) is 0 Å². The quantitative estimate of drug-likeness (QED) is 0.645. The molecule has 0 unspecified atom stereocenters. The van der Waals surface area contributed by atoms with Crippen LogP contribution in [0.25, 0.3) is 11.0 Å². The number of amides is 1. The first-order valence-electron chi connectivity index (χ1n) is 9.18. The van der Waals surface area contributed by atoms with E-state index in [1.165, 1.54) is 20.5 Å². The summed E-state index contributed by atoms with van der Waals surface area (Å²) in [5, 5.41) is 4.93. The Morgan fingerprint density at radius 2 is 1.68 bits per heavy atom. The van der Waals surface area contributed by atoms with Gasteiger partial charge in [0.2, 0.25) is 5.91 Å². The second-order valence-corrected chi connectivity index (χ2v) is 7.60. The van der Waals surface area contributed by atoms with E-state index in [-0.39, 0.29) is 5.91 Å². The fourth-order valence-corrected chi connectivity index (χ4v) is 4.00. The first kappa shape index (κ1) is 19.9. The summed E-state index contributed by atoms with van der Waals surface area (Å²) < 4.78 is 2.69. The number of nitrogens with zero attached hydrogens (tertiary/aromatic N) is 3. The molecule has 0 atom stereocenters. The van der Waals surface area contributed by atoms with Crippen molar-refractivity contribution in [3.05, 3.63) is 55.2 Å². The molecule has 1 N–H and O–H groups in total. The van der Waals surface area contributed by atoms with Crippen molar-refractivity contribution < 1.29 is 4.79 Å². The van der Waals surface area contributed by atoms with Gasteiger partial charge in [-0.3, -0.25) is 14.4 Å². The molecule has 0 saturated carbocycles. The molecule has 0 aliphatic carbocycles. The van der Waals surface area contributed by atoms with Crippen molar-refractivity contribution in [3.8, 4) is 0 Å². The molecule has 2 aromatic heterocycles. The maximum absolute atomic E-state index is 12.6. The Morgan fingerprint density at radius 3 is 2.21 bits per heavy atom. The minimum absolute atomic E-state index is 0.120. The van der Waals surface area contributed by atoms with Crippen LogP contribution in [0, 0.1) is 0 Å². The minimum Gasteiger partial charge on any atom is -0.370 e. The number of carbonyl (C=O) groups is 1. The average Bonchev–Trinajstić information content (AvgIpc) is 3.19. The Balaban J connectivity index is 2.15. The molecule has 3 aromatic rings. The van der Waals surface area contributed by atoms with E-state index in [0.29, 0.717) is 23.1 Å². The highest BCUT2D eigenvalue weighted by Gasteiger charge is 2.17. The largest absolute Gasteiger partial charge is 0.370 e. The fourth-order valence-electron chi connectivity index (χ4n) is 3.30. The SMILES string of the molecule is CCN(CC)c1cc2c(cc1NC(=O)Cc1cccs1)n(C)c(=O)c(=O)n2C. The van der Waals surface area contributed by atoms with Gasteiger partial charge in [0.25, 0.3) is 0 Å². The van der Waals surface area contributed by atoms with Gasteiger partial charge in [-0.1, -0.05) is 6.07 Å². The van der Waals surface area contributed by atoms with Gasteiger partial charge in [-0.15, -0.1) is 11.3 Å². The monoisotopic (exact) mass is 400 g/mol. The number of fused-ring (bicyclic) bond motifs is 1. The van der Waals surface area contributed by atoms with Crippen LogP contribution in [0.2, 0.25) is 0 Å². The van der Waals surface area contributed by atoms with Crippen molar-refractivity contribution in [2.75, 3.05) is 23.3 Å². The Labute approximate surface area is 166 Å². The van der Waals surface area contributed by atoms with Gasteiger partial charge in [0.1, 0.15) is 0 Å². The third-order valence-electron chi connectivity index (χ3n) is 4.90. The van der Waals surface area contributed by atoms with E-state index < -0.39 is 11.1 Å². The number of anilines is 2. The highest BCUT2D eigenvalue weighted by molar-refractivity contribution is 7.10. The van der Waals surface area contributed by atoms with Crippen LogP contribution in [-0.4, -0.2) is 28.1 Å². The summed E-state index contributed by atoms with van der Waals surface area (Å²) in [5.41, 5.74) is 1.52. The first-order chi connectivity index (χ1) is 13.4. The summed E-state index contributed by atoms with van der Waals surface area (Å²) in [6, 6.07) is 7.48. The number of benzene rings is 1. The number of carbonyl (C=O) groups excluding carboxylic acids is 1. The highest BCUT2D eigenvalue weighted by Crippen LogP contribution is 2.30. The van der Waals surface area contributed by atoms with Crippen molar-refractivity contribution in [1.82, 2.24) is 9.13 Å². The Kier molecular flexibility index (Phi) is 5.69. The fraction of sp³-hybridized carbons (Fsp3) is 0.350. The van der Waals surface area contributed by atoms with Crippen molar-refractivity contribution in [2.24, 2.45) is 14.1 Å². The number of hydrogen-bond donors (Lipinski definition) is 1. The average molecular weight is 401 g/mol. The molecule has 7 nitrogen and oxygen atoms in total.